The summed E-state index contributed by atoms with van der Waals surface area (Å²) in [7, 11) is 0.821. The fourth-order valence-corrected chi connectivity index (χ4v) is 1.71. The van der Waals surface area contributed by atoms with Gasteiger partial charge in [-0.25, -0.2) is 8.78 Å². The molecule has 108 valence electrons. The fraction of sp³-hybridized carbons (Fsp3) is 0.400. The van der Waals surface area contributed by atoms with E-state index in [4.69, 9.17) is 11.6 Å². The van der Waals surface area contributed by atoms with Crippen molar-refractivity contribution < 1.29 is 30.7 Å². The lowest BCUT2D eigenvalue weighted by Gasteiger charge is -2.29. The van der Waals surface area contributed by atoms with Gasteiger partial charge in [0.15, 0.2) is 11.6 Å². The number of nitrogens with one attached hydrogen (secondary N) is 1. The predicted molar refractivity (Wildman–Crippen MR) is 54.2 cm³/mol. The average molecular weight is 310 g/mol. The molecule has 1 atom stereocenters. The minimum absolute atomic E-state index is 0.207. The minimum atomic E-state index is -5.87. The summed E-state index contributed by atoms with van der Waals surface area (Å²) in [5, 5.41) is 0.975. The molecule has 0 heterocycles. The Labute approximate surface area is 108 Å². The second-order valence-corrected chi connectivity index (χ2v) is 4.04. The Bertz CT molecular complexity index is 472. The summed E-state index contributed by atoms with van der Waals surface area (Å²) in [6.07, 6.45) is -5.87. The number of hydrogen-bond acceptors (Lipinski definition) is 1. The normalized spacial score (nSPS) is 14.6. The molecule has 0 spiro atoms. The standard InChI is InChI=1S/C10H7ClF7N/c1-19-8(9(14,15)10(16,17)18)4-2-6(12)7(13)3-5(4)11/h2-3,8,19H,1H3. The van der Waals surface area contributed by atoms with Gasteiger partial charge < -0.3 is 5.32 Å². The van der Waals surface area contributed by atoms with E-state index in [1.54, 1.807) is 5.32 Å². The van der Waals surface area contributed by atoms with Gasteiger partial charge in [0.1, 0.15) is 6.04 Å². The van der Waals surface area contributed by atoms with Crippen molar-refractivity contribution in [3.05, 3.63) is 34.4 Å². The second kappa shape index (κ2) is 5.16. The van der Waals surface area contributed by atoms with Crippen LogP contribution >= 0.6 is 11.6 Å². The molecule has 0 bridgehead atoms. The van der Waals surface area contributed by atoms with E-state index >= 15 is 0 Å². The van der Waals surface area contributed by atoms with Crippen LogP contribution < -0.4 is 5.32 Å². The second-order valence-electron chi connectivity index (χ2n) is 3.63. The molecule has 0 aliphatic rings. The van der Waals surface area contributed by atoms with Crippen molar-refractivity contribution in [2.45, 2.75) is 18.1 Å². The van der Waals surface area contributed by atoms with E-state index in [9.17, 15) is 30.7 Å². The van der Waals surface area contributed by atoms with E-state index in [2.05, 4.69) is 0 Å². The summed E-state index contributed by atoms with van der Waals surface area (Å²) in [6, 6.07) is -2.09. The molecule has 1 rings (SSSR count). The third-order valence-corrected chi connectivity index (χ3v) is 2.71. The van der Waals surface area contributed by atoms with Gasteiger partial charge in [-0.05, 0) is 24.7 Å². The Kier molecular flexibility index (Phi) is 4.36. The SMILES string of the molecule is CNC(c1cc(F)c(F)cc1Cl)C(F)(F)C(F)(F)F. The molecule has 1 unspecified atom stereocenters. The van der Waals surface area contributed by atoms with Crippen LogP contribution in [-0.2, 0) is 0 Å². The van der Waals surface area contributed by atoms with Crippen molar-refractivity contribution in [3.63, 3.8) is 0 Å². The molecule has 0 amide bonds. The molecular formula is C10H7ClF7N. The maximum Gasteiger partial charge on any atom is 0.455 e. The minimum Gasteiger partial charge on any atom is -0.308 e. The molecular weight excluding hydrogens is 303 g/mol. The Hall–Kier alpha value is -1.02. The van der Waals surface area contributed by atoms with Gasteiger partial charge in [-0.1, -0.05) is 11.6 Å². The number of rotatable bonds is 3. The summed E-state index contributed by atoms with van der Waals surface area (Å²) >= 11 is 5.38. The van der Waals surface area contributed by atoms with Crippen molar-refractivity contribution >= 4 is 11.6 Å². The summed E-state index contributed by atoms with van der Waals surface area (Å²) in [5.74, 6) is -8.22. The lowest BCUT2D eigenvalue weighted by atomic mass is 9.99. The predicted octanol–water partition coefficient (Wildman–Crippen LogP) is 4.08. The van der Waals surface area contributed by atoms with Gasteiger partial charge in [0.05, 0.1) is 0 Å². The Morgan fingerprint density at radius 3 is 1.95 bits per heavy atom. The smallest absolute Gasteiger partial charge is 0.308 e. The molecule has 0 fully saturated rings. The molecule has 1 aromatic carbocycles. The van der Waals surface area contributed by atoms with Crippen molar-refractivity contribution in [1.29, 1.82) is 0 Å². The number of alkyl halides is 5. The van der Waals surface area contributed by atoms with Gasteiger partial charge in [-0.3, -0.25) is 0 Å². The van der Waals surface area contributed by atoms with E-state index in [0.29, 0.717) is 6.07 Å². The molecule has 0 radical (unpaired) electrons. The average Bonchev–Trinajstić information content (AvgIpc) is 2.24. The van der Waals surface area contributed by atoms with Crippen molar-refractivity contribution in [1.82, 2.24) is 5.32 Å². The van der Waals surface area contributed by atoms with Crippen molar-refractivity contribution in [2.75, 3.05) is 7.05 Å². The highest BCUT2D eigenvalue weighted by Crippen LogP contribution is 2.45. The van der Waals surface area contributed by atoms with Crippen LogP contribution in [-0.4, -0.2) is 19.1 Å². The highest BCUT2D eigenvalue weighted by molar-refractivity contribution is 6.31. The summed E-state index contributed by atoms with van der Waals surface area (Å²) in [5.41, 5.74) is -0.884. The van der Waals surface area contributed by atoms with Crippen LogP contribution in [0.3, 0.4) is 0 Å². The molecule has 0 aliphatic carbocycles. The zero-order valence-electron chi connectivity index (χ0n) is 9.26. The van der Waals surface area contributed by atoms with E-state index < -0.39 is 40.4 Å². The number of hydrogen-bond donors (Lipinski definition) is 1. The molecule has 9 heteroatoms. The van der Waals surface area contributed by atoms with Gasteiger partial charge in [0.25, 0.3) is 0 Å². The summed E-state index contributed by atoms with van der Waals surface area (Å²) < 4.78 is 89.0. The molecule has 1 N–H and O–H groups in total. The molecule has 0 aromatic heterocycles. The van der Waals surface area contributed by atoms with Crippen LogP contribution in [0.25, 0.3) is 0 Å². The lowest BCUT2D eigenvalue weighted by molar-refractivity contribution is -0.293. The lowest BCUT2D eigenvalue weighted by Crippen LogP contribution is -2.47. The number of benzene rings is 1. The van der Waals surface area contributed by atoms with Gasteiger partial charge in [-0.15, -0.1) is 0 Å². The van der Waals surface area contributed by atoms with Gasteiger partial charge >= 0.3 is 12.1 Å². The summed E-state index contributed by atoms with van der Waals surface area (Å²) in [4.78, 5) is 0. The zero-order chi connectivity index (χ0) is 15.0. The Balaban J connectivity index is 3.37. The van der Waals surface area contributed by atoms with Crippen LogP contribution in [0, 0.1) is 11.6 Å². The van der Waals surface area contributed by atoms with Crippen LogP contribution in [0.15, 0.2) is 12.1 Å². The monoisotopic (exact) mass is 309 g/mol. The Morgan fingerprint density at radius 1 is 1.05 bits per heavy atom. The van der Waals surface area contributed by atoms with E-state index in [-0.39, 0.29) is 6.07 Å². The van der Waals surface area contributed by atoms with Crippen LogP contribution in [0.2, 0.25) is 5.02 Å². The van der Waals surface area contributed by atoms with Crippen LogP contribution in [0.5, 0.6) is 0 Å². The van der Waals surface area contributed by atoms with Gasteiger partial charge in [0.2, 0.25) is 0 Å². The van der Waals surface area contributed by atoms with Gasteiger partial charge in [-0.2, -0.15) is 22.0 Å². The molecule has 19 heavy (non-hydrogen) atoms. The third-order valence-electron chi connectivity index (χ3n) is 2.38. The topological polar surface area (TPSA) is 12.0 Å². The first-order valence-electron chi connectivity index (χ1n) is 4.78. The summed E-state index contributed by atoms with van der Waals surface area (Å²) in [6.45, 7) is 0. The fourth-order valence-electron chi connectivity index (χ4n) is 1.45. The molecule has 0 aliphatic heterocycles. The zero-order valence-corrected chi connectivity index (χ0v) is 10.0. The number of halogens is 8. The molecule has 1 nitrogen and oxygen atoms in total. The van der Waals surface area contributed by atoms with E-state index in [1.165, 1.54) is 0 Å². The van der Waals surface area contributed by atoms with Crippen molar-refractivity contribution in [2.24, 2.45) is 0 Å². The molecule has 0 saturated heterocycles. The van der Waals surface area contributed by atoms with Crippen molar-refractivity contribution in [3.8, 4) is 0 Å². The highest BCUT2D eigenvalue weighted by atomic mass is 35.5. The highest BCUT2D eigenvalue weighted by Gasteiger charge is 2.62. The first-order valence-corrected chi connectivity index (χ1v) is 5.16. The van der Waals surface area contributed by atoms with E-state index in [1.807, 2.05) is 0 Å². The first-order chi connectivity index (χ1) is 8.52. The molecule has 1 aromatic rings. The Morgan fingerprint density at radius 2 is 1.53 bits per heavy atom. The van der Waals surface area contributed by atoms with E-state index in [0.717, 1.165) is 7.05 Å². The quantitative estimate of drug-likeness (QED) is 0.655. The third kappa shape index (κ3) is 2.94. The van der Waals surface area contributed by atoms with Crippen LogP contribution in [0.4, 0.5) is 30.7 Å². The van der Waals surface area contributed by atoms with Gasteiger partial charge in [0, 0.05) is 5.02 Å². The maximum absolute atomic E-state index is 13.2. The first kappa shape index (κ1) is 16.0. The maximum atomic E-state index is 13.2. The molecule has 0 saturated carbocycles. The largest absolute Gasteiger partial charge is 0.455 e. The van der Waals surface area contributed by atoms with Crippen LogP contribution in [0.1, 0.15) is 11.6 Å².